The fourth-order valence-electron chi connectivity index (χ4n) is 2.23. The van der Waals surface area contributed by atoms with Crippen molar-refractivity contribution in [1.29, 1.82) is 0 Å². The van der Waals surface area contributed by atoms with E-state index < -0.39 is 0 Å². The molecule has 1 aromatic rings. The van der Waals surface area contributed by atoms with E-state index in [0.29, 0.717) is 12.6 Å². The van der Waals surface area contributed by atoms with E-state index in [1.54, 1.807) is 12.1 Å². The van der Waals surface area contributed by atoms with Gasteiger partial charge in [-0.2, -0.15) is 0 Å². The summed E-state index contributed by atoms with van der Waals surface area (Å²) in [4.78, 5) is 14.0. The van der Waals surface area contributed by atoms with Crippen LogP contribution >= 0.6 is 0 Å². The number of halogens is 1. The summed E-state index contributed by atoms with van der Waals surface area (Å²) < 4.78 is 13.1. The first kappa shape index (κ1) is 13.7. The molecule has 1 amide bonds. The van der Waals surface area contributed by atoms with E-state index in [2.05, 4.69) is 12.2 Å². The average molecular weight is 262 g/mol. The van der Waals surface area contributed by atoms with Gasteiger partial charge in [0.1, 0.15) is 5.82 Å². The summed E-state index contributed by atoms with van der Waals surface area (Å²) in [6.45, 7) is 6.14. The highest BCUT2D eigenvalue weighted by Gasteiger charge is 2.18. The highest BCUT2D eigenvalue weighted by Crippen LogP contribution is 2.15. The number of nitrogens with zero attached hydrogens (tertiary/aromatic N) is 1. The largest absolute Gasteiger partial charge is 0.336 e. The summed E-state index contributed by atoms with van der Waals surface area (Å²) in [5.41, 5.74) is 1.53. The zero-order valence-electron chi connectivity index (χ0n) is 11.3. The number of benzene rings is 1. The molecule has 1 aliphatic rings. The third-order valence-corrected chi connectivity index (χ3v) is 3.30. The normalized spacial score (nSPS) is 20.5. The van der Waals surface area contributed by atoms with Crippen LogP contribution < -0.4 is 5.32 Å². The summed E-state index contributed by atoms with van der Waals surface area (Å²) >= 11 is 0. The minimum Gasteiger partial charge on any atom is -0.336 e. The van der Waals surface area contributed by atoms with Crippen molar-refractivity contribution in [3.63, 3.8) is 0 Å². The van der Waals surface area contributed by atoms with Crippen LogP contribution in [0.5, 0.6) is 0 Å². The van der Waals surface area contributed by atoms with E-state index in [1.807, 2.05) is 17.9 Å². The first-order valence-corrected chi connectivity index (χ1v) is 6.53. The molecule has 3 nitrogen and oxygen atoms in total. The highest BCUT2D eigenvalue weighted by molar-refractivity contribution is 5.94. The van der Waals surface area contributed by atoms with Crippen LogP contribution in [0.3, 0.4) is 0 Å². The van der Waals surface area contributed by atoms with Crippen molar-refractivity contribution in [3.05, 3.63) is 41.7 Å². The van der Waals surface area contributed by atoms with Crippen molar-refractivity contribution >= 4 is 11.5 Å². The number of allylic oxidation sites excluding steroid dienone is 1. The zero-order chi connectivity index (χ0) is 13.8. The van der Waals surface area contributed by atoms with Crippen molar-refractivity contribution in [3.8, 4) is 0 Å². The van der Waals surface area contributed by atoms with Crippen LogP contribution in [0.1, 0.15) is 19.4 Å². The second-order valence-electron chi connectivity index (χ2n) is 4.98. The van der Waals surface area contributed by atoms with Gasteiger partial charge in [0.2, 0.25) is 5.91 Å². The maximum atomic E-state index is 13.1. The van der Waals surface area contributed by atoms with Gasteiger partial charge in [-0.3, -0.25) is 4.79 Å². The third kappa shape index (κ3) is 3.64. The van der Waals surface area contributed by atoms with Crippen LogP contribution in [-0.2, 0) is 4.79 Å². The predicted molar refractivity (Wildman–Crippen MR) is 74.1 cm³/mol. The molecule has 1 aliphatic heterocycles. The molecule has 1 heterocycles. The summed E-state index contributed by atoms with van der Waals surface area (Å²) in [5, 5.41) is 3.30. The Morgan fingerprint density at radius 3 is 3.00 bits per heavy atom. The second kappa shape index (κ2) is 5.97. The van der Waals surface area contributed by atoms with Crippen molar-refractivity contribution in [1.82, 2.24) is 10.2 Å². The number of hydrogen-bond donors (Lipinski definition) is 1. The number of piperazine rings is 1. The lowest BCUT2D eigenvalue weighted by molar-refractivity contribution is -0.127. The number of nitrogens with one attached hydrogen (secondary N) is 1. The molecule has 1 atom stereocenters. The molecule has 1 unspecified atom stereocenters. The van der Waals surface area contributed by atoms with Gasteiger partial charge in [-0.25, -0.2) is 4.39 Å². The zero-order valence-corrected chi connectivity index (χ0v) is 11.3. The maximum absolute atomic E-state index is 13.1. The van der Waals surface area contributed by atoms with Gasteiger partial charge < -0.3 is 10.2 Å². The van der Waals surface area contributed by atoms with Crippen LogP contribution in [0.2, 0.25) is 0 Å². The molecular formula is C15H19FN2O. The fourth-order valence-corrected chi connectivity index (χ4v) is 2.23. The molecule has 2 rings (SSSR count). The lowest BCUT2D eigenvalue weighted by atomic mass is 10.1. The Labute approximate surface area is 113 Å². The van der Waals surface area contributed by atoms with Crippen molar-refractivity contribution < 1.29 is 9.18 Å². The molecule has 0 spiro atoms. The topological polar surface area (TPSA) is 32.3 Å². The maximum Gasteiger partial charge on any atom is 0.246 e. The van der Waals surface area contributed by atoms with Gasteiger partial charge in [-0.1, -0.05) is 12.1 Å². The van der Waals surface area contributed by atoms with Crippen molar-refractivity contribution in [2.24, 2.45) is 0 Å². The summed E-state index contributed by atoms with van der Waals surface area (Å²) in [6, 6.07) is 6.62. The lowest BCUT2D eigenvalue weighted by Crippen LogP contribution is -2.50. The first-order chi connectivity index (χ1) is 9.06. The van der Waals surface area contributed by atoms with Crippen LogP contribution in [-0.4, -0.2) is 36.5 Å². The molecule has 0 aromatic heterocycles. The number of carbonyl (C=O) groups is 1. The minimum absolute atomic E-state index is 0.00453. The third-order valence-electron chi connectivity index (χ3n) is 3.30. The van der Waals surface area contributed by atoms with Gasteiger partial charge >= 0.3 is 0 Å². The molecule has 0 bridgehead atoms. The molecule has 1 aromatic carbocycles. The lowest BCUT2D eigenvalue weighted by Gasteiger charge is -2.31. The Balaban J connectivity index is 2.09. The van der Waals surface area contributed by atoms with Gasteiger partial charge in [0, 0.05) is 31.8 Å². The van der Waals surface area contributed by atoms with E-state index in [1.165, 1.54) is 12.1 Å². The van der Waals surface area contributed by atoms with Gasteiger partial charge in [0.05, 0.1) is 0 Å². The van der Waals surface area contributed by atoms with E-state index in [9.17, 15) is 9.18 Å². The highest BCUT2D eigenvalue weighted by atomic mass is 19.1. The van der Waals surface area contributed by atoms with Crippen LogP contribution in [0.15, 0.2) is 30.3 Å². The Kier molecular flexibility index (Phi) is 4.32. The summed E-state index contributed by atoms with van der Waals surface area (Å²) in [6.07, 6.45) is 1.59. The first-order valence-electron chi connectivity index (χ1n) is 6.53. The quantitative estimate of drug-likeness (QED) is 0.827. The van der Waals surface area contributed by atoms with E-state index in [4.69, 9.17) is 0 Å². The van der Waals surface area contributed by atoms with E-state index in [-0.39, 0.29) is 11.7 Å². The van der Waals surface area contributed by atoms with Gasteiger partial charge in [0.15, 0.2) is 0 Å². The fraction of sp³-hybridized carbons (Fsp3) is 0.400. The van der Waals surface area contributed by atoms with Crippen LogP contribution in [0.25, 0.3) is 5.57 Å². The van der Waals surface area contributed by atoms with Gasteiger partial charge in [0.25, 0.3) is 0 Å². The average Bonchev–Trinajstić information content (AvgIpc) is 2.38. The molecular weight excluding hydrogens is 243 g/mol. The number of hydrogen-bond acceptors (Lipinski definition) is 2. The molecule has 0 saturated carbocycles. The molecule has 0 radical (unpaired) electrons. The molecule has 1 fully saturated rings. The summed E-state index contributed by atoms with van der Waals surface area (Å²) in [7, 11) is 0. The number of amides is 1. The molecule has 19 heavy (non-hydrogen) atoms. The SMILES string of the molecule is C/C(=C/C(=O)N1CCNC(C)C1)c1cccc(F)c1. The molecule has 1 saturated heterocycles. The Hall–Kier alpha value is -1.68. The van der Waals surface area contributed by atoms with E-state index >= 15 is 0 Å². The number of rotatable bonds is 2. The molecule has 0 aliphatic carbocycles. The molecule has 1 N–H and O–H groups in total. The summed E-state index contributed by atoms with van der Waals surface area (Å²) in [5.74, 6) is -0.288. The van der Waals surface area contributed by atoms with Crippen molar-refractivity contribution in [2.45, 2.75) is 19.9 Å². The van der Waals surface area contributed by atoms with Gasteiger partial charge in [-0.05, 0) is 37.1 Å². The monoisotopic (exact) mass is 262 g/mol. The van der Waals surface area contributed by atoms with Crippen LogP contribution in [0.4, 0.5) is 4.39 Å². The Morgan fingerprint density at radius 2 is 2.32 bits per heavy atom. The van der Waals surface area contributed by atoms with Gasteiger partial charge in [-0.15, -0.1) is 0 Å². The Bertz CT molecular complexity index is 499. The number of carbonyl (C=O) groups excluding carboxylic acids is 1. The standard InChI is InChI=1S/C15H19FN2O/c1-11(13-4-3-5-14(16)9-13)8-15(19)18-7-6-17-12(2)10-18/h3-5,8-9,12,17H,6-7,10H2,1-2H3/b11-8-. The van der Waals surface area contributed by atoms with E-state index in [0.717, 1.165) is 24.2 Å². The Morgan fingerprint density at radius 1 is 1.53 bits per heavy atom. The smallest absolute Gasteiger partial charge is 0.246 e. The van der Waals surface area contributed by atoms with Crippen LogP contribution in [0, 0.1) is 5.82 Å². The molecule has 4 heteroatoms. The second-order valence-corrected chi connectivity index (χ2v) is 4.98. The minimum atomic E-state index is -0.284. The predicted octanol–water partition coefficient (Wildman–Crippen LogP) is 2.05. The molecule has 102 valence electrons. The van der Waals surface area contributed by atoms with Crippen molar-refractivity contribution in [2.75, 3.05) is 19.6 Å².